The molecule has 2 aromatic heterocycles. The largest absolute Gasteiger partial charge is 0.287 e. The number of nitrogens with zero attached hydrogens (tertiary/aromatic N) is 2. The highest BCUT2D eigenvalue weighted by molar-refractivity contribution is 7.98. The lowest BCUT2D eigenvalue weighted by Crippen LogP contribution is -2.21. The summed E-state index contributed by atoms with van der Waals surface area (Å²) < 4.78 is 2.41. The van der Waals surface area contributed by atoms with E-state index in [2.05, 4.69) is 4.98 Å². The molecule has 0 atom stereocenters. The van der Waals surface area contributed by atoms with Crippen LogP contribution in [0.5, 0.6) is 0 Å². The second-order valence-electron chi connectivity index (χ2n) is 4.60. The first-order valence-corrected chi connectivity index (χ1v) is 9.27. The molecule has 0 N–H and O–H groups in total. The number of rotatable bonds is 4. The maximum absolute atomic E-state index is 12.4. The Kier molecular flexibility index (Phi) is 4.78. The van der Waals surface area contributed by atoms with Crippen molar-refractivity contribution in [2.45, 2.75) is 24.4 Å². The molecule has 2 heterocycles. The van der Waals surface area contributed by atoms with Gasteiger partial charge in [-0.3, -0.25) is 9.36 Å². The molecule has 0 bridgehead atoms. The molecule has 0 aliphatic carbocycles. The molecule has 0 unspecified atom stereocenters. The van der Waals surface area contributed by atoms with Crippen molar-refractivity contribution in [1.82, 2.24) is 9.55 Å². The predicted molar refractivity (Wildman–Crippen MR) is 95.6 cm³/mol. The Labute approximate surface area is 145 Å². The lowest BCUT2D eigenvalue weighted by molar-refractivity contribution is 0.635. The number of hydrogen-bond acceptors (Lipinski definition) is 4. The Balaban J connectivity index is 1.94. The first-order chi connectivity index (χ1) is 10.6. The lowest BCUT2D eigenvalue weighted by Gasteiger charge is -2.10. The van der Waals surface area contributed by atoms with Crippen LogP contribution in [0.15, 0.2) is 39.6 Å². The third-order valence-electron chi connectivity index (χ3n) is 3.22. The number of thioether (sulfide) groups is 1. The summed E-state index contributed by atoms with van der Waals surface area (Å²) in [4.78, 5) is 17.0. The second kappa shape index (κ2) is 6.62. The molecule has 0 aliphatic heterocycles. The van der Waals surface area contributed by atoms with E-state index in [0.717, 1.165) is 11.1 Å². The van der Waals surface area contributed by atoms with Gasteiger partial charge in [-0.2, -0.15) is 0 Å². The van der Waals surface area contributed by atoms with Crippen LogP contribution in [-0.4, -0.2) is 9.55 Å². The number of hydrogen-bond donors (Lipinski definition) is 0. The van der Waals surface area contributed by atoms with E-state index in [4.69, 9.17) is 23.2 Å². The number of aromatic nitrogens is 2. The first-order valence-electron chi connectivity index (χ1n) is 6.65. The molecule has 0 spiro atoms. The van der Waals surface area contributed by atoms with Crippen LogP contribution in [0.3, 0.4) is 0 Å². The van der Waals surface area contributed by atoms with E-state index in [-0.39, 0.29) is 5.56 Å². The molecule has 1 aromatic carbocycles. The van der Waals surface area contributed by atoms with E-state index in [0.29, 0.717) is 32.2 Å². The minimum absolute atomic E-state index is 0.0206. The monoisotopic (exact) mass is 370 g/mol. The van der Waals surface area contributed by atoms with Gasteiger partial charge < -0.3 is 0 Å². The molecular weight excluding hydrogens is 359 g/mol. The molecule has 0 fully saturated rings. The van der Waals surface area contributed by atoms with Crippen molar-refractivity contribution in [2.75, 3.05) is 0 Å². The summed E-state index contributed by atoms with van der Waals surface area (Å²) in [5.74, 6) is 0.637. The minimum atomic E-state index is 0.0206. The van der Waals surface area contributed by atoms with Gasteiger partial charge in [0.15, 0.2) is 5.16 Å². The average Bonchev–Trinajstić information content (AvgIpc) is 2.95. The van der Waals surface area contributed by atoms with Gasteiger partial charge in [0, 0.05) is 22.3 Å². The smallest absolute Gasteiger partial charge is 0.272 e. The van der Waals surface area contributed by atoms with Gasteiger partial charge in [0.05, 0.1) is 5.52 Å². The molecule has 0 amide bonds. The van der Waals surface area contributed by atoms with Crippen molar-refractivity contribution in [2.24, 2.45) is 0 Å². The van der Waals surface area contributed by atoms with Crippen molar-refractivity contribution in [3.8, 4) is 0 Å². The van der Waals surface area contributed by atoms with Crippen molar-refractivity contribution in [1.29, 1.82) is 0 Å². The number of halogens is 2. The summed E-state index contributed by atoms with van der Waals surface area (Å²) in [6, 6.07) is 7.31. The van der Waals surface area contributed by atoms with Crippen LogP contribution in [0.25, 0.3) is 10.2 Å². The van der Waals surface area contributed by atoms with Crippen molar-refractivity contribution in [3.63, 3.8) is 0 Å². The maximum atomic E-state index is 12.4. The molecule has 22 heavy (non-hydrogen) atoms. The molecule has 0 radical (unpaired) electrons. The Hall–Kier alpha value is -1.01. The summed E-state index contributed by atoms with van der Waals surface area (Å²) in [7, 11) is 0. The SMILES string of the molecule is CCn1c(SCc2ccc(Cl)cc2Cl)nc2ccsc2c1=O. The van der Waals surface area contributed by atoms with Crippen LogP contribution in [-0.2, 0) is 12.3 Å². The molecule has 0 saturated carbocycles. The van der Waals surface area contributed by atoms with Gasteiger partial charge in [0.2, 0.25) is 0 Å². The summed E-state index contributed by atoms with van der Waals surface area (Å²) in [6.45, 7) is 2.54. The third-order valence-corrected chi connectivity index (χ3v) is 5.72. The van der Waals surface area contributed by atoms with Gasteiger partial charge >= 0.3 is 0 Å². The minimum Gasteiger partial charge on any atom is -0.287 e. The summed E-state index contributed by atoms with van der Waals surface area (Å²) in [6.07, 6.45) is 0. The van der Waals surface area contributed by atoms with Gasteiger partial charge in [0.1, 0.15) is 4.70 Å². The van der Waals surface area contributed by atoms with E-state index in [1.54, 1.807) is 10.6 Å². The van der Waals surface area contributed by atoms with Gasteiger partial charge in [-0.25, -0.2) is 4.98 Å². The molecule has 3 rings (SSSR count). The zero-order valence-corrected chi connectivity index (χ0v) is 14.8. The highest BCUT2D eigenvalue weighted by Gasteiger charge is 2.12. The van der Waals surface area contributed by atoms with Gasteiger partial charge in [-0.1, -0.05) is 41.0 Å². The highest BCUT2D eigenvalue weighted by atomic mass is 35.5. The molecular formula is C15H12Cl2N2OS2. The zero-order chi connectivity index (χ0) is 15.7. The van der Waals surface area contributed by atoms with Gasteiger partial charge in [-0.05, 0) is 36.1 Å². The lowest BCUT2D eigenvalue weighted by atomic mass is 10.2. The topological polar surface area (TPSA) is 34.9 Å². The zero-order valence-electron chi connectivity index (χ0n) is 11.7. The van der Waals surface area contributed by atoms with Crippen LogP contribution in [0.1, 0.15) is 12.5 Å². The van der Waals surface area contributed by atoms with Crippen molar-refractivity contribution < 1.29 is 0 Å². The standard InChI is InChI=1S/C15H12Cl2N2OS2/c1-2-19-14(20)13-12(5-6-21-13)18-15(19)22-8-9-3-4-10(16)7-11(9)17/h3-7H,2,8H2,1H3. The van der Waals surface area contributed by atoms with E-state index in [9.17, 15) is 4.79 Å². The summed E-state index contributed by atoms with van der Waals surface area (Å²) in [5, 5.41) is 3.84. The van der Waals surface area contributed by atoms with E-state index in [1.165, 1.54) is 23.1 Å². The van der Waals surface area contributed by atoms with Crippen LogP contribution in [0.2, 0.25) is 10.0 Å². The number of fused-ring (bicyclic) bond motifs is 1. The fourth-order valence-electron chi connectivity index (χ4n) is 2.09. The Bertz CT molecular complexity index is 889. The van der Waals surface area contributed by atoms with E-state index in [1.807, 2.05) is 30.5 Å². The normalized spacial score (nSPS) is 11.2. The molecule has 0 aliphatic rings. The Morgan fingerprint density at radius 1 is 1.32 bits per heavy atom. The fourth-order valence-corrected chi connectivity index (χ4v) is 4.49. The van der Waals surface area contributed by atoms with Gasteiger partial charge in [-0.15, -0.1) is 11.3 Å². The molecule has 0 saturated heterocycles. The van der Waals surface area contributed by atoms with Crippen LogP contribution in [0, 0.1) is 0 Å². The summed E-state index contributed by atoms with van der Waals surface area (Å²) >= 11 is 15.0. The van der Waals surface area contributed by atoms with Crippen LogP contribution < -0.4 is 5.56 Å². The highest BCUT2D eigenvalue weighted by Crippen LogP contribution is 2.28. The predicted octanol–water partition coefficient (Wildman–Crippen LogP) is 5.08. The second-order valence-corrected chi connectivity index (χ2v) is 7.31. The van der Waals surface area contributed by atoms with Crippen LogP contribution >= 0.6 is 46.3 Å². The quantitative estimate of drug-likeness (QED) is 0.474. The molecule has 3 nitrogen and oxygen atoms in total. The molecule has 7 heteroatoms. The van der Waals surface area contributed by atoms with Crippen LogP contribution in [0.4, 0.5) is 0 Å². The first kappa shape index (κ1) is 15.9. The molecule has 114 valence electrons. The summed E-state index contributed by atoms with van der Waals surface area (Å²) in [5.41, 5.74) is 1.75. The number of benzene rings is 1. The van der Waals surface area contributed by atoms with Gasteiger partial charge in [0.25, 0.3) is 5.56 Å². The Morgan fingerprint density at radius 3 is 2.86 bits per heavy atom. The Morgan fingerprint density at radius 2 is 2.14 bits per heavy atom. The third kappa shape index (κ3) is 3.04. The molecule has 3 aromatic rings. The average molecular weight is 371 g/mol. The van der Waals surface area contributed by atoms with Crippen molar-refractivity contribution >= 4 is 56.5 Å². The number of thiophene rings is 1. The van der Waals surface area contributed by atoms with E-state index >= 15 is 0 Å². The van der Waals surface area contributed by atoms with E-state index < -0.39 is 0 Å². The fraction of sp³-hybridized carbons (Fsp3) is 0.200. The van der Waals surface area contributed by atoms with Crippen molar-refractivity contribution in [3.05, 3.63) is 55.6 Å². The maximum Gasteiger partial charge on any atom is 0.272 e.